The summed E-state index contributed by atoms with van der Waals surface area (Å²) in [7, 11) is 1.57. The number of methoxy groups -OCH3 is 1. The van der Waals surface area contributed by atoms with Crippen LogP contribution >= 0.6 is 0 Å². The lowest BCUT2D eigenvalue weighted by Gasteiger charge is -2.11. The third-order valence-electron chi connectivity index (χ3n) is 3.32. The van der Waals surface area contributed by atoms with Crippen molar-refractivity contribution < 1.29 is 19.0 Å². The second-order valence-corrected chi connectivity index (χ2v) is 4.96. The number of nitrogens with one attached hydrogen (secondary N) is 1. The van der Waals surface area contributed by atoms with Crippen LogP contribution in [-0.4, -0.2) is 38.9 Å². The number of hydrogen-bond donors (Lipinski definition) is 2. The molecule has 1 heterocycles. The van der Waals surface area contributed by atoms with Gasteiger partial charge in [0.15, 0.2) is 0 Å². The van der Waals surface area contributed by atoms with E-state index in [4.69, 9.17) is 19.9 Å². The fourth-order valence-corrected chi connectivity index (χ4v) is 2.12. The molecule has 21 heavy (non-hydrogen) atoms. The molecule has 1 unspecified atom stereocenters. The maximum Gasteiger partial charge on any atom is 0.224 e. The van der Waals surface area contributed by atoms with Gasteiger partial charge in [-0.2, -0.15) is 0 Å². The summed E-state index contributed by atoms with van der Waals surface area (Å²) in [5.74, 6) is 0.593. The Morgan fingerprint density at radius 2 is 2.38 bits per heavy atom. The van der Waals surface area contributed by atoms with Gasteiger partial charge in [-0.15, -0.1) is 0 Å². The first-order valence-electron chi connectivity index (χ1n) is 7.11. The van der Waals surface area contributed by atoms with Crippen molar-refractivity contribution in [1.82, 2.24) is 0 Å². The average molecular weight is 294 g/mol. The fourth-order valence-electron chi connectivity index (χ4n) is 2.12. The van der Waals surface area contributed by atoms with Gasteiger partial charge in [0, 0.05) is 25.7 Å². The Kier molecular flexibility index (Phi) is 5.83. The van der Waals surface area contributed by atoms with E-state index in [0.29, 0.717) is 43.2 Å². The van der Waals surface area contributed by atoms with Crippen molar-refractivity contribution in [3.05, 3.63) is 18.2 Å². The molecule has 1 aliphatic rings. The van der Waals surface area contributed by atoms with E-state index in [2.05, 4.69) is 5.32 Å². The lowest BCUT2D eigenvalue weighted by atomic mass is 10.2. The van der Waals surface area contributed by atoms with Crippen LogP contribution in [0.15, 0.2) is 18.2 Å². The minimum atomic E-state index is -0.0712. The van der Waals surface area contributed by atoms with Crippen LogP contribution in [0.25, 0.3) is 0 Å². The van der Waals surface area contributed by atoms with Crippen LogP contribution in [0.2, 0.25) is 0 Å². The van der Waals surface area contributed by atoms with E-state index in [1.807, 2.05) is 0 Å². The Labute approximate surface area is 124 Å². The Bertz CT molecular complexity index is 473. The number of anilines is 2. The number of amides is 1. The van der Waals surface area contributed by atoms with Crippen LogP contribution in [0.1, 0.15) is 19.3 Å². The van der Waals surface area contributed by atoms with Crippen LogP contribution in [-0.2, 0) is 14.3 Å². The largest absolute Gasteiger partial charge is 0.497 e. The first-order chi connectivity index (χ1) is 10.2. The molecular weight excluding hydrogens is 272 g/mol. The lowest BCUT2D eigenvalue weighted by Crippen LogP contribution is -2.16. The number of rotatable bonds is 7. The van der Waals surface area contributed by atoms with E-state index in [0.717, 1.165) is 13.0 Å². The van der Waals surface area contributed by atoms with Gasteiger partial charge in [-0.25, -0.2) is 0 Å². The first kappa shape index (κ1) is 15.6. The molecule has 0 spiro atoms. The Hall–Kier alpha value is -1.79. The van der Waals surface area contributed by atoms with Gasteiger partial charge in [0.05, 0.1) is 31.2 Å². The molecule has 0 aromatic heterocycles. The third-order valence-corrected chi connectivity index (χ3v) is 3.32. The second-order valence-electron chi connectivity index (χ2n) is 4.96. The molecule has 1 aromatic rings. The van der Waals surface area contributed by atoms with Crippen molar-refractivity contribution in [3.8, 4) is 5.75 Å². The highest BCUT2D eigenvalue weighted by Crippen LogP contribution is 2.24. The summed E-state index contributed by atoms with van der Waals surface area (Å²) in [6, 6.07) is 5.17. The molecule has 1 atom stereocenters. The molecule has 0 bridgehead atoms. The molecule has 1 fully saturated rings. The molecular formula is C15H22N2O4. The van der Waals surface area contributed by atoms with E-state index >= 15 is 0 Å². The van der Waals surface area contributed by atoms with Crippen LogP contribution in [0.5, 0.6) is 5.75 Å². The van der Waals surface area contributed by atoms with Gasteiger partial charge in [-0.1, -0.05) is 0 Å². The topological polar surface area (TPSA) is 82.8 Å². The van der Waals surface area contributed by atoms with Gasteiger partial charge in [0.2, 0.25) is 5.91 Å². The monoisotopic (exact) mass is 294 g/mol. The average Bonchev–Trinajstić information content (AvgIpc) is 2.99. The highest BCUT2D eigenvalue weighted by molar-refractivity contribution is 5.93. The van der Waals surface area contributed by atoms with Gasteiger partial charge >= 0.3 is 0 Å². The van der Waals surface area contributed by atoms with Crippen LogP contribution in [0.3, 0.4) is 0 Å². The number of hydrogen-bond acceptors (Lipinski definition) is 5. The Morgan fingerprint density at radius 1 is 1.52 bits per heavy atom. The molecule has 0 saturated carbocycles. The Morgan fingerprint density at radius 3 is 3.05 bits per heavy atom. The number of ether oxygens (including phenoxy) is 3. The molecule has 1 aliphatic heterocycles. The molecule has 0 radical (unpaired) electrons. The van der Waals surface area contributed by atoms with Crippen LogP contribution in [0.4, 0.5) is 11.4 Å². The van der Waals surface area contributed by atoms with E-state index in [1.54, 1.807) is 25.3 Å². The van der Waals surface area contributed by atoms with Gasteiger partial charge in [-0.3, -0.25) is 4.79 Å². The number of benzene rings is 1. The summed E-state index contributed by atoms with van der Waals surface area (Å²) in [5.41, 5.74) is 6.94. The minimum Gasteiger partial charge on any atom is -0.497 e. The molecule has 0 aliphatic carbocycles. The second kappa shape index (κ2) is 7.85. The predicted molar refractivity (Wildman–Crippen MR) is 80.4 cm³/mol. The maximum atomic E-state index is 11.8. The maximum absolute atomic E-state index is 11.8. The van der Waals surface area contributed by atoms with Crippen molar-refractivity contribution in [2.45, 2.75) is 25.4 Å². The quantitative estimate of drug-likeness (QED) is 0.592. The van der Waals surface area contributed by atoms with Crippen molar-refractivity contribution in [2.24, 2.45) is 0 Å². The molecule has 1 saturated heterocycles. The standard InChI is InChI=1S/C15H22N2O4/c1-19-11-4-5-14(13(16)9-11)17-15(18)3-2-7-21-12-6-8-20-10-12/h4-5,9,12H,2-3,6-8,10,16H2,1H3,(H,17,18). The molecule has 3 N–H and O–H groups in total. The van der Waals surface area contributed by atoms with Crippen LogP contribution in [0, 0.1) is 0 Å². The molecule has 6 nitrogen and oxygen atoms in total. The molecule has 1 aromatic carbocycles. The highest BCUT2D eigenvalue weighted by atomic mass is 16.5. The summed E-state index contributed by atoms with van der Waals surface area (Å²) in [6.07, 6.45) is 2.21. The van der Waals surface area contributed by atoms with E-state index < -0.39 is 0 Å². The summed E-state index contributed by atoms with van der Waals surface area (Å²) in [5, 5.41) is 2.79. The molecule has 1 amide bonds. The molecule has 2 rings (SSSR count). The summed E-state index contributed by atoms with van der Waals surface area (Å²) in [4.78, 5) is 11.8. The van der Waals surface area contributed by atoms with Gasteiger partial charge in [-0.05, 0) is 25.0 Å². The Balaban J connectivity index is 1.69. The summed E-state index contributed by atoms with van der Waals surface area (Å²) in [6.45, 7) is 2.00. The van der Waals surface area contributed by atoms with Gasteiger partial charge in [0.25, 0.3) is 0 Å². The third kappa shape index (κ3) is 4.91. The number of nitrogen functional groups attached to an aromatic ring is 1. The van der Waals surface area contributed by atoms with Crippen molar-refractivity contribution in [2.75, 3.05) is 38.0 Å². The van der Waals surface area contributed by atoms with Crippen molar-refractivity contribution >= 4 is 17.3 Å². The van der Waals surface area contributed by atoms with E-state index in [1.165, 1.54) is 0 Å². The smallest absolute Gasteiger partial charge is 0.224 e. The van der Waals surface area contributed by atoms with E-state index in [9.17, 15) is 4.79 Å². The zero-order valence-electron chi connectivity index (χ0n) is 12.3. The molecule has 6 heteroatoms. The van der Waals surface area contributed by atoms with Gasteiger partial charge in [0.1, 0.15) is 5.75 Å². The van der Waals surface area contributed by atoms with Gasteiger partial charge < -0.3 is 25.3 Å². The van der Waals surface area contributed by atoms with Crippen molar-refractivity contribution in [1.29, 1.82) is 0 Å². The predicted octanol–water partition coefficient (Wildman–Crippen LogP) is 1.80. The summed E-state index contributed by atoms with van der Waals surface area (Å²) >= 11 is 0. The number of carbonyl (C=O) groups is 1. The SMILES string of the molecule is COc1ccc(NC(=O)CCCOC2CCOC2)c(N)c1. The normalized spacial score (nSPS) is 17.7. The van der Waals surface area contributed by atoms with Crippen molar-refractivity contribution in [3.63, 3.8) is 0 Å². The van der Waals surface area contributed by atoms with E-state index in [-0.39, 0.29) is 12.0 Å². The zero-order valence-corrected chi connectivity index (χ0v) is 12.3. The molecule has 116 valence electrons. The minimum absolute atomic E-state index is 0.0712. The lowest BCUT2D eigenvalue weighted by molar-refractivity contribution is -0.116. The van der Waals surface area contributed by atoms with Crippen LogP contribution < -0.4 is 15.8 Å². The highest BCUT2D eigenvalue weighted by Gasteiger charge is 2.15. The number of nitrogens with two attached hydrogens (primary N) is 1. The number of carbonyl (C=O) groups excluding carboxylic acids is 1. The summed E-state index contributed by atoms with van der Waals surface area (Å²) < 4.78 is 15.9. The zero-order chi connectivity index (χ0) is 15.1. The first-order valence-corrected chi connectivity index (χ1v) is 7.11. The fraction of sp³-hybridized carbons (Fsp3) is 0.533.